The molecule has 4 rings (SSSR count). The van der Waals surface area contributed by atoms with E-state index in [4.69, 9.17) is 5.26 Å². The SMILES string of the molecule is Cc1ccc(C(=O)Nc2ccc(N3CCCN(Cc4ccc(C#N)cc4)C3=O)cc2)cc1[N+](=O)[O-]. The molecule has 1 saturated heterocycles. The van der Waals surface area contributed by atoms with Crippen LogP contribution >= 0.6 is 0 Å². The topological polar surface area (TPSA) is 120 Å². The normalized spacial score (nSPS) is 13.3. The van der Waals surface area contributed by atoms with Crippen molar-refractivity contribution in [1.82, 2.24) is 4.90 Å². The van der Waals surface area contributed by atoms with Crippen molar-refractivity contribution in [3.8, 4) is 6.07 Å². The van der Waals surface area contributed by atoms with Crippen LogP contribution in [0.2, 0.25) is 0 Å². The summed E-state index contributed by atoms with van der Waals surface area (Å²) in [4.78, 5) is 39.8. The minimum Gasteiger partial charge on any atom is -0.322 e. The molecule has 0 aliphatic carbocycles. The number of carbonyl (C=O) groups is 2. The van der Waals surface area contributed by atoms with E-state index in [1.807, 2.05) is 12.1 Å². The van der Waals surface area contributed by atoms with E-state index in [0.29, 0.717) is 42.1 Å². The average Bonchev–Trinajstić information content (AvgIpc) is 2.86. The Labute approximate surface area is 202 Å². The molecule has 35 heavy (non-hydrogen) atoms. The zero-order valence-electron chi connectivity index (χ0n) is 19.1. The van der Waals surface area contributed by atoms with Crippen LogP contribution in [0.4, 0.5) is 21.9 Å². The van der Waals surface area contributed by atoms with Crippen LogP contribution in [0.3, 0.4) is 0 Å². The number of amides is 3. The van der Waals surface area contributed by atoms with Gasteiger partial charge in [-0.2, -0.15) is 5.26 Å². The highest BCUT2D eigenvalue weighted by Gasteiger charge is 2.27. The van der Waals surface area contributed by atoms with E-state index >= 15 is 0 Å². The Bertz CT molecular complexity index is 1310. The van der Waals surface area contributed by atoms with Crippen LogP contribution in [0, 0.1) is 28.4 Å². The third-order valence-electron chi connectivity index (χ3n) is 5.87. The van der Waals surface area contributed by atoms with Crippen molar-refractivity contribution in [3.63, 3.8) is 0 Å². The first-order valence-electron chi connectivity index (χ1n) is 11.1. The van der Waals surface area contributed by atoms with Crippen molar-refractivity contribution in [1.29, 1.82) is 5.26 Å². The molecule has 0 atom stereocenters. The first-order valence-corrected chi connectivity index (χ1v) is 11.1. The van der Waals surface area contributed by atoms with Crippen LogP contribution in [-0.2, 0) is 6.54 Å². The van der Waals surface area contributed by atoms with Crippen molar-refractivity contribution in [2.24, 2.45) is 0 Å². The van der Waals surface area contributed by atoms with Gasteiger partial charge in [0.05, 0.1) is 16.6 Å². The van der Waals surface area contributed by atoms with Gasteiger partial charge in [0.2, 0.25) is 0 Å². The summed E-state index contributed by atoms with van der Waals surface area (Å²) in [6.07, 6.45) is 0.812. The maximum Gasteiger partial charge on any atom is 0.324 e. The Morgan fingerprint density at radius 1 is 1.09 bits per heavy atom. The lowest BCUT2D eigenvalue weighted by atomic mass is 10.1. The molecule has 1 aliphatic rings. The van der Waals surface area contributed by atoms with E-state index in [2.05, 4.69) is 11.4 Å². The number of nitriles is 1. The Hall–Kier alpha value is -4.71. The average molecular weight is 470 g/mol. The number of hydrogen-bond acceptors (Lipinski definition) is 5. The Morgan fingerprint density at radius 3 is 2.46 bits per heavy atom. The third-order valence-corrected chi connectivity index (χ3v) is 5.87. The molecule has 0 saturated carbocycles. The second-order valence-electron chi connectivity index (χ2n) is 8.28. The van der Waals surface area contributed by atoms with Crippen molar-refractivity contribution >= 4 is 29.0 Å². The van der Waals surface area contributed by atoms with Gasteiger partial charge in [0.15, 0.2) is 0 Å². The lowest BCUT2D eigenvalue weighted by Gasteiger charge is -2.35. The first-order chi connectivity index (χ1) is 16.9. The second-order valence-corrected chi connectivity index (χ2v) is 8.28. The third kappa shape index (κ3) is 5.28. The summed E-state index contributed by atoms with van der Waals surface area (Å²) in [7, 11) is 0. The number of nitro groups is 1. The lowest BCUT2D eigenvalue weighted by molar-refractivity contribution is -0.385. The molecule has 0 bridgehead atoms. The van der Waals surface area contributed by atoms with Crippen molar-refractivity contribution in [3.05, 3.63) is 99.1 Å². The van der Waals surface area contributed by atoms with Gasteiger partial charge in [0.25, 0.3) is 11.6 Å². The number of urea groups is 1. The number of nitrogens with zero attached hydrogens (tertiary/aromatic N) is 4. The fourth-order valence-electron chi connectivity index (χ4n) is 3.95. The highest BCUT2D eigenvalue weighted by atomic mass is 16.6. The lowest BCUT2D eigenvalue weighted by Crippen LogP contribution is -2.49. The minimum atomic E-state index is -0.513. The van der Waals surface area contributed by atoms with E-state index in [9.17, 15) is 19.7 Å². The molecule has 1 fully saturated rings. The molecule has 0 aromatic heterocycles. The summed E-state index contributed by atoms with van der Waals surface area (Å²) < 4.78 is 0. The molecule has 176 valence electrons. The van der Waals surface area contributed by atoms with Gasteiger partial charge in [-0.1, -0.05) is 18.2 Å². The smallest absolute Gasteiger partial charge is 0.322 e. The summed E-state index contributed by atoms with van der Waals surface area (Å²) in [6, 6.07) is 20.4. The first kappa shape index (κ1) is 23.4. The van der Waals surface area contributed by atoms with Crippen LogP contribution in [-0.4, -0.2) is 34.9 Å². The molecule has 0 unspecified atom stereocenters. The number of nitro benzene ring substituents is 1. The van der Waals surface area contributed by atoms with Crippen molar-refractivity contribution in [2.75, 3.05) is 23.3 Å². The summed E-state index contributed by atoms with van der Waals surface area (Å²) in [6.45, 7) is 3.30. The van der Waals surface area contributed by atoms with Crippen LogP contribution < -0.4 is 10.2 Å². The molecule has 3 amide bonds. The molecule has 1 N–H and O–H groups in total. The Balaban J connectivity index is 1.42. The predicted molar refractivity (Wildman–Crippen MR) is 131 cm³/mol. The van der Waals surface area contributed by atoms with Gasteiger partial charge in [-0.05, 0) is 61.4 Å². The van der Waals surface area contributed by atoms with Crippen molar-refractivity contribution in [2.45, 2.75) is 19.9 Å². The molecular weight excluding hydrogens is 446 g/mol. The minimum absolute atomic E-state index is 0.107. The van der Waals surface area contributed by atoms with E-state index in [1.54, 1.807) is 65.3 Å². The quantitative estimate of drug-likeness (QED) is 0.408. The summed E-state index contributed by atoms with van der Waals surface area (Å²) in [5.74, 6) is -0.455. The zero-order valence-corrected chi connectivity index (χ0v) is 19.1. The maximum absolute atomic E-state index is 13.1. The van der Waals surface area contributed by atoms with Gasteiger partial charge in [-0.25, -0.2) is 4.79 Å². The number of hydrogen-bond donors (Lipinski definition) is 1. The zero-order chi connectivity index (χ0) is 24.9. The number of benzene rings is 3. The fraction of sp³-hybridized carbons (Fsp3) is 0.192. The van der Waals surface area contributed by atoms with Gasteiger partial charge in [-0.3, -0.25) is 19.8 Å². The summed E-state index contributed by atoms with van der Waals surface area (Å²) in [5, 5.41) is 22.8. The van der Waals surface area contributed by atoms with Gasteiger partial charge in [0.1, 0.15) is 0 Å². The van der Waals surface area contributed by atoms with Crippen LogP contribution in [0.1, 0.15) is 33.5 Å². The molecule has 1 heterocycles. The monoisotopic (exact) mass is 469 g/mol. The standard InChI is InChI=1S/C26H23N5O4/c1-18-3-8-21(15-24(18)31(34)35)25(32)28-22-9-11-23(12-10-22)30-14-2-13-29(26(30)33)17-20-6-4-19(16-27)5-7-20/h3-12,15H,2,13-14,17H2,1H3,(H,28,32). The number of rotatable bonds is 6. The maximum atomic E-state index is 13.1. The molecule has 3 aromatic rings. The largest absolute Gasteiger partial charge is 0.324 e. The van der Waals surface area contributed by atoms with Crippen LogP contribution in [0.15, 0.2) is 66.7 Å². The number of carbonyl (C=O) groups excluding carboxylic acids is 2. The molecule has 1 aliphatic heterocycles. The molecule has 0 radical (unpaired) electrons. The van der Waals surface area contributed by atoms with Crippen LogP contribution in [0.25, 0.3) is 0 Å². The number of nitrogens with one attached hydrogen (secondary N) is 1. The van der Waals surface area contributed by atoms with E-state index in [1.165, 1.54) is 6.07 Å². The molecular formula is C26H23N5O4. The van der Waals surface area contributed by atoms with Crippen molar-refractivity contribution < 1.29 is 14.5 Å². The Morgan fingerprint density at radius 2 is 1.80 bits per heavy atom. The van der Waals surface area contributed by atoms with Gasteiger partial charge >= 0.3 is 6.03 Å². The number of aryl methyl sites for hydroxylation is 1. The van der Waals surface area contributed by atoms with E-state index in [-0.39, 0.29) is 17.3 Å². The molecule has 9 nitrogen and oxygen atoms in total. The predicted octanol–water partition coefficient (Wildman–Crippen LogP) is 4.86. The fourth-order valence-corrected chi connectivity index (χ4v) is 3.95. The van der Waals surface area contributed by atoms with Gasteiger partial charge in [0, 0.05) is 48.2 Å². The van der Waals surface area contributed by atoms with Crippen LogP contribution in [0.5, 0.6) is 0 Å². The number of anilines is 2. The molecule has 3 aromatic carbocycles. The summed E-state index contributed by atoms with van der Waals surface area (Å²) in [5.41, 5.74) is 3.32. The summed E-state index contributed by atoms with van der Waals surface area (Å²) >= 11 is 0. The van der Waals surface area contributed by atoms with Gasteiger partial charge < -0.3 is 10.2 Å². The molecule has 0 spiro atoms. The van der Waals surface area contributed by atoms with E-state index < -0.39 is 10.8 Å². The van der Waals surface area contributed by atoms with Gasteiger partial charge in [-0.15, -0.1) is 0 Å². The molecule has 9 heteroatoms. The Kier molecular flexibility index (Phi) is 6.73. The second kappa shape index (κ2) is 10.1. The highest BCUT2D eigenvalue weighted by molar-refractivity contribution is 6.05. The highest BCUT2D eigenvalue weighted by Crippen LogP contribution is 2.24. The van der Waals surface area contributed by atoms with E-state index in [0.717, 1.165) is 12.0 Å².